The fourth-order valence-electron chi connectivity index (χ4n) is 8.17. The summed E-state index contributed by atoms with van der Waals surface area (Å²) >= 11 is 0. The van der Waals surface area contributed by atoms with Crippen LogP contribution in [0, 0.1) is 0 Å². The van der Waals surface area contributed by atoms with E-state index >= 15 is 0 Å². The molecule has 0 fully saturated rings. The van der Waals surface area contributed by atoms with Crippen molar-refractivity contribution in [1.29, 1.82) is 0 Å². The molecule has 0 amide bonds. The summed E-state index contributed by atoms with van der Waals surface area (Å²) in [6, 6.07) is 19.3. The molecule has 1 aliphatic rings. The van der Waals surface area contributed by atoms with Crippen LogP contribution >= 0.6 is 0 Å². The number of benzene rings is 4. The molecule has 5 rings (SSSR count). The number of rotatable bonds is 10. The summed E-state index contributed by atoms with van der Waals surface area (Å²) in [6.07, 6.45) is 0. The number of nitrogens with one attached hydrogen (secondary N) is 2. The average Bonchev–Trinajstić information content (AvgIpc) is 3.07. The quantitative estimate of drug-likeness (QED) is 0.169. The first-order chi connectivity index (χ1) is 25.7. The summed E-state index contributed by atoms with van der Waals surface area (Å²) in [6.45, 7) is 46.5. The molecule has 1 heterocycles. The van der Waals surface area contributed by atoms with E-state index in [1.165, 1.54) is 67.0 Å². The van der Waals surface area contributed by atoms with Gasteiger partial charge in [0, 0.05) is 27.9 Å². The normalized spacial score (nSPS) is 14.2. The van der Waals surface area contributed by atoms with Crippen molar-refractivity contribution in [2.45, 2.75) is 190 Å². The highest BCUT2D eigenvalue weighted by molar-refractivity contribution is 5.82. The van der Waals surface area contributed by atoms with Crippen LogP contribution in [-0.4, -0.2) is 0 Å². The number of ether oxygens (including phenoxy) is 1. The third-order valence-electron chi connectivity index (χ3n) is 12.2. The molecule has 3 heteroatoms. The van der Waals surface area contributed by atoms with Crippen molar-refractivity contribution < 1.29 is 4.74 Å². The van der Waals surface area contributed by atoms with Gasteiger partial charge in [-0.25, -0.2) is 0 Å². The molecule has 0 aromatic heterocycles. The lowest BCUT2D eigenvalue weighted by molar-refractivity contribution is 0.418. The fourth-order valence-corrected chi connectivity index (χ4v) is 8.17. The first kappa shape index (κ1) is 43.4. The van der Waals surface area contributed by atoms with Gasteiger partial charge in [-0.2, -0.15) is 0 Å². The van der Waals surface area contributed by atoms with Crippen LogP contribution in [0.1, 0.15) is 230 Å². The number of anilines is 4. The Bertz CT molecular complexity index is 1870. The lowest BCUT2D eigenvalue weighted by Gasteiger charge is -2.39. The zero-order valence-corrected chi connectivity index (χ0v) is 39.0. The maximum atomic E-state index is 7.46. The molecule has 304 valence electrons. The van der Waals surface area contributed by atoms with Crippen LogP contribution in [-0.2, 0) is 16.2 Å². The summed E-state index contributed by atoms with van der Waals surface area (Å²) in [5.74, 6) is 4.16. The minimum absolute atomic E-state index is 0.0618. The molecule has 0 aliphatic carbocycles. The van der Waals surface area contributed by atoms with Crippen LogP contribution in [0.3, 0.4) is 0 Å². The van der Waals surface area contributed by atoms with E-state index in [1.54, 1.807) is 0 Å². The van der Waals surface area contributed by atoms with Gasteiger partial charge in [0.25, 0.3) is 0 Å². The van der Waals surface area contributed by atoms with Crippen LogP contribution in [0.2, 0.25) is 0 Å². The maximum Gasteiger partial charge on any atom is 0.155 e. The van der Waals surface area contributed by atoms with Gasteiger partial charge in [-0.1, -0.05) is 175 Å². The Kier molecular flexibility index (Phi) is 12.1. The zero-order valence-electron chi connectivity index (χ0n) is 39.0. The summed E-state index contributed by atoms with van der Waals surface area (Å²) in [4.78, 5) is 0. The van der Waals surface area contributed by atoms with Gasteiger partial charge >= 0.3 is 0 Å². The molecule has 0 saturated heterocycles. The minimum atomic E-state index is -0.342. The number of hydrogen-bond donors (Lipinski definition) is 2. The average molecular weight is 757 g/mol. The summed E-state index contributed by atoms with van der Waals surface area (Å²) in [5.41, 5.74) is 17.3. The largest absolute Gasteiger partial charge is 0.452 e. The topological polar surface area (TPSA) is 33.3 Å². The van der Waals surface area contributed by atoms with Crippen LogP contribution in [0.5, 0.6) is 11.5 Å². The second-order valence-electron chi connectivity index (χ2n) is 21.4. The van der Waals surface area contributed by atoms with Crippen molar-refractivity contribution >= 4 is 22.7 Å². The molecule has 0 radical (unpaired) electrons. The van der Waals surface area contributed by atoms with Gasteiger partial charge < -0.3 is 15.4 Å². The van der Waals surface area contributed by atoms with Crippen molar-refractivity contribution in [2.24, 2.45) is 0 Å². The van der Waals surface area contributed by atoms with Crippen LogP contribution in [0.15, 0.2) is 48.5 Å². The molecular weight excluding hydrogens is 681 g/mol. The molecular formula is C53H76N2O. The van der Waals surface area contributed by atoms with Crippen LogP contribution in [0.25, 0.3) is 0 Å². The highest BCUT2D eigenvalue weighted by atomic mass is 16.5. The molecule has 0 unspecified atom stereocenters. The van der Waals surface area contributed by atoms with E-state index < -0.39 is 0 Å². The third kappa shape index (κ3) is 8.44. The minimum Gasteiger partial charge on any atom is -0.452 e. The lowest BCUT2D eigenvalue weighted by atomic mass is 9.71. The predicted octanol–water partition coefficient (Wildman–Crippen LogP) is 16.9. The highest BCUT2D eigenvalue weighted by Gasteiger charge is 2.40. The van der Waals surface area contributed by atoms with E-state index in [4.69, 9.17) is 4.74 Å². The molecule has 4 aromatic carbocycles. The first-order valence-electron chi connectivity index (χ1n) is 21.7. The van der Waals surface area contributed by atoms with Gasteiger partial charge in [-0.05, 0) is 103 Å². The Morgan fingerprint density at radius 1 is 0.429 bits per heavy atom. The number of fused-ring (bicyclic) bond motifs is 2. The lowest BCUT2D eigenvalue weighted by Crippen LogP contribution is -2.28. The van der Waals surface area contributed by atoms with Crippen molar-refractivity contribution in [1.82, 2.24) is 0 Å². The molecule has 0 bridgehead atoms. The molecule has 4 aromatic rings. The molecule has 0 atom stereocenters. The van der Waals surface area contributed by atoms with Crippen molar-refractivity contribution in [3.63, 3.8) is 0 Å². The fraction of sp³-hybridized carbons (Fsp3) is 0.547. The van der Waals surface area contributed by atoms with Gasteiger partial charge in [0.2, 0.25) is 0 Å². The Morgan fingerprint density at radius 2 is 0.714 bits per heavy atom. The summed E-state index contributed by atoms with van der Waals surface area (Å²) in [5, 5.41) is 8.21. The van der Waals surface area contributed by atoms with Gasteiger partial charge in [-0.15, -0.1) is 0 Å². The Labute approximate surface area is 342 Å². The van der Waals surface area contributed by atoms with E-state index in [9.17, 15) is 0 Å². The molecule has 2 N–H and O–H groups in total. The molecule has 0 spiro atoms. The van der Waals surface area contributed by atoms with Crippen molar-refractivity contribution in [3.8, 4) is 11.5 Å². The van der Waals surface area contributed by atoms with E-state index in [2.05, 4.69) is 198 Å². The Hall–Kier alpha value is -3.72. The van der Waals surface area contributed by atoms with E-state index in [0.29, 0.717) is 35.5 Å². The van der Waals surface area contributed by atoms with E-state index in [0.717, 1.165) is 22.9 Å². The molecule has 1 aliphatic heterocycles. The molecule has 3 nitrogen and oxygen atoms in total. The van der Waals surface area contributed by atoms with Crippen LogP contribution < -0.4 is 15.4 Å². The number of hydrogen-bond acceptors (Lipinski definition) is 3. The highest BCUT2D eigenvalue weighted by Crippen LogP contribution is 2.56. The SMILES string of the molecule is CC(C)c1cc(C(C)C)c(Nc2cc(C(C)(C)C)cc3c2Oc2c(Nc4c(C(C)C)cc(C(C)C)cc4C(C)C)cc(C(C)(C)C)cc2C3(C)C)c(C(C)C)c1. The third-order valence-corrected chi connectivity index (χ3v) is 12.2. The first-order valence-corrected chi connectivity index (χ1v) is 21.7. The van der Waals surface area contributed by atoms with Crippen molar-refractivity contribution in [2.75, 3.05) is 10.6 Å². The monoisotopic (exact) mass is 757 g/mol. The van der Waals surface area contributed by atoms with E-state index in [1.807, 2.05) is 0 Å². The van der Waals surface area contributed by atoms with Gasteiger partial charge in [0.15, 0.2) is 11.5 Å². The standard InChI is InChI=1S/C53H76N2O/c1-29(2)35-21-39(31(5)6)47(40(22-35)32(7)8)54-45-27-37(51(13,14)15)25-43-49(45)56-50-44(53(43,19)20)26-38(52(16,17)18)28-46(50)55-48-41(33(9)10)23-36(30(3)4)24-42(48)34(11)12/h21-34,54-55H,1-20H3. The second kappa shape index (κ2) is 15.6. The van der Waals surface area contributed by atoms with Gasteiger partial charge in [0.1, 0.15) is 0 Å². The maximum absolute atomic E-state index is 7.46. The van der Waals surface area contributed by atoms with Crippen LogP contribution in [0.4, 0.5) is 22.7 Å². The van der Waals surface area contributed by atoms with Crippen molar-refractivity contribution in [3.05, 3.63) is 104 Å². The van der Waals surface area contributed by atoms with E-state index in [-0.39, 0.29) is 16.2 Å². The Balaban J connectivity index is 1.84. The smallest absolute Gasteiger partial charge is 0.155 e. The van der Waals surface area contributed by atoms with Gasteiger partial charge in [-0.3, -0.25) is 0 Å². The predicted molar refractivity (Wildman–Crippen MR) is 246 cm³/mol. The Morgan fingerprint density at radius 3 is 0.946 bits per heavy atom. The molecule has 56 heavy (non-hydrogen) atoms. The summed E-state index contributed by atoms with van der Waals surface area (Å²) in [7, 11) is 0. The molecule has 0 saturated carbocycles. The second-order valence-corrected chi connectivity index (χ2v) is 21.4. The van der Waals surface area contributed by atoms with Gasteiger partial charge in [0.05, 0.1) is 11.4 Å². The zero-order chi connectivity index (χ0) is 42.0. The summed E-state index contributed by atoms with van der Waals surface area (Å²) < 4.78 is 7.46.